The minimum absolute atomic E-state index is 0.0884. The Hall–Kier alpha value is -2.49. The maximum atomic E-state index is 12.6. The van der Waals surface area contributed by atoms with Crippen molar-refractivity contribution in [2.24, 2.45) is 0 Å². The third-order valence-electron chi connectivity index (χ3n) is 6.20. The van der Waals surface area contributed by atoms with E-state index in [-0.39, 0.29) is 23.8 Å². The fraction of sp³-hybridized carbons (Fsp3) is 0.591. The molecule has 9 heteroatoms. The number of benzene rings is 1. The van der Waals surface area contributed by atoms with E-state index in [4.69, 9.17) is 4.74 Å². The molecule has 2 aliphatic heterocycles. The minimum Gasteiger partial charge on any atom is -0.378 e. The number of hydrogen-bond acceptors (Lipinski definition) is 4. The van der Waals surface area contributed by atoms with E-state index in [1.807, 2.05) is 17.0 Å². The van der Waals surface area contributed by atoms with Crippen molar-refractivity contribution < 1.29 is 28.9 Å². The lowest BCUT2D eigenvalue weighted by Crippen LogP contribution is -3.28. The average molecular weight is 432 g/mol. The third kappa shape index (κ3) is 6.25. The largest absolute Gasteiger partial charge is 0.378 e. The normalized spacial score (nSPS) is 23.8. The van der Waals surface area contributed by atoms with E-state index in [2.05, 4.69) is 10.6 Å². The fourth-order valence-electron chi connectivity index (χ4n) is 4.15. The zero-order valence-electron chi connectivity index (χ0n) is 18.0. The van der Waals surface area contributed by atoms with Crippen molar-refractivity contribution in [3.05, 3.63) is 29.8 Å². The maximum Gasteiger partial charge on any atom is 0.279 e. The van der Waals surface area contributed by atoms with Gasteiger partial charge in [-0.25, -0.2) is 0 Å². The number of nitrogens with one attached hydrogen (secondary N) is 4. The zero-order valence-corrected chi connectivity index (χ0v) is 18.0. The molecule has 1 aromatic carbocycles. The molecule has 4 N–H and O–H groups in total. The molecule has 0 bridgehead atoms. The molecule has 3 amide bonds. The SMILES string of the molecule is O=C(C[NH+]1CC[NH+](CC(=O)N2CCOCC2)CC1)Nc1ccccc1C(=O)NC1CC1. The van der Waals surface area contributed by atoms with Gasteiger partial charge in [0.1, 0.15) is 26.2 Å². The molecular weight excluding hydrogens is 398 g/mol. The van der Waals surface area contributed by atoms with E-state index in [1.54, 1.807) is 12.1 Å². The van der Waals surface area contributed by atoms with Crippen molar-refractivity contribution in [1.82, 2.24) is 10.2 Å². The maximum absolute atomic E-state index is 12.6. The topological polar surface area (TPSA) is 96.6 Å². The lowest BCUT2D eigenvalue weighted by Gasteiger charge is -2.31. The number of rotatable bonds is 7. The van der Waals surface area contributed by atoms with Crippen LogP contribution in [-0.4, -0.2) is 94.2 Å². The highest BCUT2D eigenvalue weighted by molar-refractivity contribution is 6.04. The first-order valence-electron chi connectivity index (χ1n) is 11.3. The van der Waals surface area contributed by atoms with E-state index in [0.717, 1.165) is 39.0 Å². The summed E-state index contributed by atoms with van der Waals surface area (Å²) in [6, 6.07) is 7.42. The molecule has 0 atom stereocenters. The smallest absolute Gasteiger partial charge is 0.279 e. The molecule has 1 aromatic rings. The second-order valence-corrected chi connectivity index (χ2v) is 8.69. The monoisotopic (exact) mass is 431 g/mol. The zero-order chi connectivity index (χ0) is 21.6. The number of para-hydroxylation sites is 1. The van der Waals surface area contributed by atoms with E-state index in [9.17, 15) is 14.4 Å². The van der Waals surface area contributed by atoms with E-state index in [0.29, 0.717) is 50.6 Å². The van der Waals surface area contributed by atoms with Gasteiger partial charge in [-0.2, -0.15) is 0 Å². The number of hydrogen-bond donors (Lipinski definition) is 4. The Balaban J connectivity index is 1.21. The fourth-order valence-corrected chi connectivity index (χ4v) is 4.15. The van der Waals surface area contributed by atoms with Crippen LogP contribution in [0.25, 0.3) is 0 Å². The van der Waals surface area contributed by atoms with Gasteiger partial charge in [0, 0.05) is 19.1 Å². The van der Waals surface area contributed by atoms with Gasteiger partial charge in [0.15, 0.2) is 13.1 Å². The minimum atomic E-state index is -0.132. The molecule has 1 aliphatic carbocycles. The average Bonchev–Trinajstić information content (AvgIpc) is 3.60. The molecule has 0 radical (unpaired) electrons. The molecule has 0 aromatic heterocycles. The van der Waals surface area contributed by atoms with Crippen LogP contribution in [0.1, 0.15) is 23.2 Å². The number of piperazine rings is 1. The van der Waals surface area contributed by atoms with Crippen molar-refractivity contribution in [3.8, 4) is 0 Å². The molecule has 168 valence electrons. The number of anilines is 1. The van der Waals surface area contributed by atoms with Gasteiger partial charge in [-0.3, -0.25) is 14.4 Å². The summed E-state index contributed by atoms with van der Waals surface area (Å²) < 4.78 is 5.31. The van der Waals surface area contributed by atoms with Crippen LogP contribution in [0.2, 0.25) is 0 Å². The van der Waals surface area contributed by atoms with Gasteiger partial charge in [-0.1, -0.05) is 12.1 Å². The molecule has 3 fully saturated rings. The summed E-state index contributed by atoms with van der Waals surface area (Å²) in [5.41, 5.74) is 1.07. The van der Waals surface area contributed by atoms with Crippen molar-refractivity contribution >= 4 is 23.4 Å². The van der Waals surface area contributed by atoms with Crippen LogP contribution in [0, 0.1) is 0 Å². The van der Waals surface area contributed by atoms with Crippen molar-refractivity contribution in [3.63, 3.8) is 0 Å². The number of carbonyl (C=O) groups excluding carboxylic acids is 3. The Morgan fingerprint density at radius 1 is 0.968 bits per heavy atom. The molecule has 0 spiro atoms. The molecule has 0 unspecified atom stereocenters. The summed E-state index contributed by atoms with van der Waals surface area (Å²) in [5.74, 6) is -0.0250. The van der Waals surface area contributed by atoms with Crippen molar-refractivity contribution in [2.45, 2.75) is 18.9 Å². The van der Waals surface area contributed by atoms with Crippen LogP contribution >= 0.6 is 0 Å². The van der Waals surface area contributed by atoms with Gasteiger partial charge in [0.05, 0.1) is 24.5 Å². The summed E-state index contributed by atoms with van der Waals surface area (Å²) in [6.45, 7) is 6.95. The predicted octanol–water partition coefficient (Wildman–Crippen LogP) is -2.84. The lowest BCUT2D eigenvalue weighted by molar-refractivity contribution is -1.00. The Bertz CT molecular complexity index is 799. The van der Waals surface area contributed by atoms with Crippen LogP contribution in [0.3, 0.4) is 0 Å². The molecule has 1 saturated carbocycles. The highest BCUT2D eigenvalue weighted by Crippen LogP contribution is 2.21. The Labute approximate surface area is 182 Å². The molecule has 4 rings (SSSR count). The molecule has 9 nitrogen and oxygen atoms in total. The second kappa shape index (κ2) is 10.2. The first kappa shape index (κ1) is 21.7. The predicted molar refractivity (Wildman–Crippen MR) is 114 cm³/mol. The highest BCUT2D eigenvalue weighted by Gasteiger charge is 2.29. The Morgan fingerprint density at radius 3 is 2.29 bits per heavy atom. The van der Waals surface area contributed by atoms with Gasteiger partial charge in [-0.05, 0) is 25.0 Å². The molecule has 2 saturated heterocycles. The molecule has 3 aliphatic rings. The molecule has 31 heavy (non-hydrogen) atoms. The number of quaternary nitrogens is 2. The van der Waals surface area contributed by atoms with E-state index in [1.165, 1.54) is 9.80 Å². The number of amides is 3. The van der Waals surface area contributed by atoms with Gasteiger partial charge in [-0.15, -0.1) is 0 Å². The lowest BCUT2D eigenvalue weighted by atomic mass is 10.1. The standard InChI is InChI=1S/C22H31N5O4/c28-20(24-19-4-2-1-3-18(19)22(30)23-17-5-6-17)15-25-7-9-26(10-8-25)16-21(29)27-11-13-31-14-12-27/h1-4,17H,5-16H2,(H,23,30)(H,24,28)/p+2. The highest BCUT2D eigenvalue weighted by atomic mass is 16.5. The first-order chi connectivity index (χ1) is 15.1. The summed E-state index contributed by atoms with van der Waals surface area (Å²) in [5, 5.41) is 5.89. The number of ether oxygens (including phenoxy) is 1. The van der Waals surface area contributed by atoms with E-state index < -0.39 is 0 Å². The van der Waals surface area contributed by atoms with Crippen LogP contribution < -0.4 is 20.4 Å². The Morgan fingerprint density at radius 2 is 1.61 bits per heavy atom. The summed E-state index contributed by atoms with van der Waals surface area (Å²) in [6.07, 6.45) is 2.05. The summed E-state index contributed by atoms with van der Waals surface area (Å²) in [7, 11) is 0. The van der Waals surface area contributed by atoms with E-state index >= 15 is 0 Å². The number of nitrogens with zero attached hydrogens (tertiary/aromatic N) is 1. The first-order valence-corrected chi connectivity index (χ1v) is 11.3. The van der Waals surface area contributed by atoms with Crippen LogP contribution in [0.4, 0.5) is 5.69 Å². The van der Waals surface area contributed by atoms with Crippen LogP contribution in [0.15, 0.2) is 24.3 Å². The van der Waals surface area contributed by atoms with Crippen molar-refractivity contribution in [2.75, 3.05) is 70.9 Å². The summed E-state index contributed by atoms with van der Waals surface area (Å²) >= 11 is 0. The van der Waals surface area contributed by atoms with Crippen LogP contribution in [0.5, 0.6) is 0 Å². The second-order valence-electron chi connectivity index (χ2n) is 8.69. The number of morpholine rings is 1. The quantitative estimate of drug-likeness (QED) is 0.374. The molecular formula is C22H33N5O4+2. The Kier molecular flexibility index (Phi) is 7.16. The van der Waals surface area contributed by atoms with Gasteiger partial charge in [0.2, 0.25) is 0 Å². The third-order valence-corrected chi connectivity index (χ3v) is 6.20. The van der Waals surface area contributed by atoms with Crippen molar-refractivity contribution in [1.29, 1.82) is 0 Å². The molecule has 2 heterocycles. The van der Waals surface area contributed by atoms with Crippen LogP contribution in [-0.2, 0) is 14.3 Å². The summed E-state index contributed by atoms with van der Waals surface area (Å²) in [4.78, 5) is 41.8. The van der Waals surface area contributed by atoms with Gasteiger partial charge >= 0.3 is 0 Å². The van der Waals surface area contributed by atoms with Gasteiger partial charge in [0.25, 0.3) is 17.7 Å². The number of carbonyl (C=O) groups is 3. The van der Waals surface area contributed by atoms with Gasteiger partial charge < -0.3 is 30.1 Å².